The Balaban J connectivity index is 1.49. The molecule has 0 saturated carbocycles. The average molecular weight is 581 g/mol. The van der Waals surface area contributed by atoms with Crippen LogP contribution in [0.2, 0.25) is 0 Å². The fraction of sp³-hybridized carbons (Fsp3) is 0.355. The van der Waals surface area contributed by atoms with Gasteiger partial charge >= 0.3 is 12.0 Å². The third kappa shape index (κ3) is 8.23. The molecule has 0 radical (unpaired) electrons. The number of anilines is 1. The van der Waals surface area contributed by atoms with Crippen LogP contribution in [0.5, 0.6) is 5.75 Å². The Morgan fingerprint density at radius 2 is 1.68 bits per heavy atom. The van der Waals surface area contributed by atoms with E-state index >= 15 is 0 Å². The number of hydrogen-bond acceptors (Lipinski definition) is 8. The van der Waals surface area contributed by atoms with Crippen LogP contribution < -0.4 is 15.4 Å². The summed E-state index contributed by atoms with van der Waals surface area (Å²) in [5.74, 6) is 1.04. The van der Waals surface area contributed by atoms with E-state index in [2.05, 4.69) is 17.6 Å². The number of benzene rings is 3. The Hall–Kier alpha value is -3.57. The second kappa shape index (κ2) is 14.9. The third-order valence-corrected chi connectivity index (χ3v) is 7.88. The smallest absolute Gasteiger partial charge is 0.325 e. The predicted molar refractivity (Wildman–Crippen MR) is 157 cm³/mol. The molecule has 3 aromatic carbocycles. The van der Waals surface area contributed by atoms with Crippen molar-refractivity contribution in [2.45, 2.75) is 43.8 Å². The number of esters is 1. The molecule has 41 heavy (non-hydrogen) atoms. The van der Waals surface area contributed by atoms with E-state index in [1.165, 1.54) is 0 Å². The first-order chi connectivity index (χ1) is 19.9. The molecular formula is C31H36N2O7S. The Labute approximate surface area is 244 Å². The average Bonchev–Trinajstić information content (AvgIpc) is 3.00. The number of methoxy groups -OCH3 is 1. The minimum Gasteiger partial charge on any atom is -0.496 e. The maximum Gasteiger partial charge on any atom is 0.325 e. The van der Waals surface area contributed by atoms with E-state index in [1.54, 1.807) is 37.9 Å². The van der Waals surface area contributed by atoms with Gasteiger partial charge in [0.2, 0.25) is 0 Å². The Morgan fingerprint density at radius 3 is 2.37 bits per heavy atom. The Morgan fingerprint density at radius 1 is 0.976 bits per heavy atom. The van der Waals surface area contributed by atoms with Crippen LogP contribution in [-0.2, 0) is 25.6 Å². The number of aliphatic hydroxyl groups excluding tert-OH is 1. The molecule has 218 valence electrons. The van der Waals surface area contributed by atoms with Crippen LogP contribution in [0, 0.1) is 5.92 Å². The lowest BCUT2D eigenvalue weighted by atomic mass is 9.91. The number of ether oxygens (including phenoxy) is 4. The summed E-state index contributed by atoms with van der Waals surface area (Å²) in [6.45, 7) is 3.84. The van der Waals surface area contributed by atoms with Gasteiger partial charge in [0.25, 0.3) is 0 Å². The molecule has 0 spiro atoms. The van der Waals surface area contributed by atoms with Gasteiger partial charge in [-0.05, 0) is 42.3 Å². The van der Waals surface area contributed by atoms with Gasteiger partial charge in [-0.15, -0.1) is 11.8 Å². The summed E-state index contributed by atoms with van der Waals surface area (Å²) < 4.78 is 23.4. The number of carbonyl (C=O) groups excluding carboxylic acids is 2. The van der Waals surface area contributed by atoms with Gasteiger partial charge in [0.05, 0.1) is 32.5 Å². The Kier molecular flexibility index (Phi) is 11.0. The molecule has 10 heteroatoms. The summed E-state index contributed by atoms with van der Waals surface area (Å²) in [5, 5.41) is 14.7. The second-order valence-corrected chi connectivity index (χ2v) is 10.6. The van der Waals surface area contributed by atoms with Gasteiger partial charge < -0.3 is 34.7 Å². The monoisotopic (exact) mass is 580 g/mol. The molecular weight excluding hydrogens is 544 g/mol. The largest absolute Gasteiger partial charge is 0.496 e. The van der Waals surface area contributed by atoms with Crippen molar-refractivity contribution in [2.24, 2.45) is 5.92 Å². The maximum atomic E-state index is 12.2. The summed E-state index contributed by atoms with van der Waals surface area (Å²) >= 11 is 1.68. The minimum absolute atomic E-state index is 0.0213. The first-order valence-corrected chi connectivity index (χ1v) is 14.5. The highest BCUT2D eigenvalue weighted by molar-refractivity contribution is 7.99. The SMILES string of the molecule is CCOC(=O)CNC(=O)Nc1ccc(C2OC(CSc3ccccc3OC)C(C)C(c3ccc(CO)cc3)O2)cc1. The van der Waals surface area contributed by atoms with E-state index in [0.29, 0.717) is 11.4 Å². The quantitative estimate of drug-likeness (QED) is 0.202. The van der Waals surface area contributed by atoms with E-state index in [-0.39, 0.29) is 37.9 Å². The minimum atomic E-state index is -0.635. The molecule has 3 N–H and O–H groups in total. The predicted octanol–water partition coefficient (Wildman–Crippen LogP) is 5.46. The van der Waals surface area contributed by atoms with Crippen molar-refractivity contribution in [1.82, 2.24) is 5.32 Å². The molecule has 1 saturated heterocycles. The number of nitrogens with one attached hydrogen (secondary N) is 2. The molecule has 3 aromatic rings. The van der Waals surface area contributed by atoms with Crippen molar-refractivity contribution >= 4 is 29.4 Å². The van der Waals surface area contributed by atoms with Crippen LogP contribution >= 0.6 is 11.8 Å². The first kappa shape index (κ1) is 30.4. The van der Waals surface area contributed by atoms with Gasteiger partial charge in [-0.3, -0.25) is 4.79 Å². The zero-order valence-electron chi connectivity index (χ0n) is 23.4. The summed E-state index contributed by atoms with van der Waals surface area (Å²) in [6.07, 6.45) is -1.02. The molecule has 0 aromatic heterocycles. The number of carbonyl (C=O) groups is 2. The van der Waals surface area contributed by atoms with Gasteiger partial charge in [-0.1, -0.05) is 55.5 Å². The van der Waals surface area contributed by atoms with Crippen molar-refractivity contribution in [3.05, 3.63) is 89.5 Å². The molecule has 0 aliphatic carbocycles. The normalized spacial score (nSPS) is 20.2. The van der Waals surface area contributed by atoms with Crippen LogP contribution in [0.15, 0.2) is 77.7 Å². The fourth-order valence-corrected chi connectivity index (χ4v) is 5.68. The highest BCUT2D eigenvalue weighted by atomic mass is 32.2. The standard InChI is InChI=1S/C31H36N2O7S/c1-4-38-28(35)17-32-31(36)33-24-15-13-23(14-16-24)30-39-26(19-41-27-8-6-5-7-25(27)37-3)20(2)29(40-30)22-11-9-21(18-34)10-12-22/h5-16,20,26,29-30,34H,4,17-19H2,1-3H3,(H2,32,33,36). The van der Waals surface area contributed by atoms with Crippen LogP contribution in [-0.4, -0.2) is 49.2 Å². The number of aliphatic hydroxyl groups is 1. The molecule has 4 rings (SSSR count). The third-order valence-electron chi connectivity index (χ3n) is 6.73. The second-order valence-electron chi connectivity index (χ2n) is 9.52. The van der Waals surface area contributed by atoms with Gasteiger partial charge in [0.1, 0.15) is 12.3 Å². The van der Waals surface area contributed by atoms with Crippen LogP contribution in [0.4, 0.5) is 10.5 Å². The summed E-state index contributed by atoms with van der Waals surface area (Å²) in [7, 11) is 1.66. The summed E-state index contributed by atoms with van der Waals surface area (Å²) in [4.78, 5) is 24.7. The Bertz CT molecular complexity index is 1290. The van der Waals surface area contributed by atoms with E-state index in [9.17, 15) is 14.7 Å². The molecule has 4 unspecified atom stereocenters. The first-order valence-electron chi connectivity index (χ1n) is 13.5. The lowest BCUT2D eigenvalue weighted by Gasteiger charge is -2.41. The molecule has 1 aliphatic heterocycles. The topological polar surface area (TPSA) is 115 Å². The van der Waals surface area contributed by atoms with Gasteiger partial charge in [0, 0.05) is 27.8 Å². The number of rotatable bonds is 11. The number of thioether (sulfide) groups is 1. The van der Waals surface area contributed by atoms with E-state index in [4.69, 9.17) is 18.9 Å². The highest BCUT2D eigenvalue weighted by Crippen LogP contribution is 2.43. The summed E-state index contributed by atoms with van der Waals surface area (Å²) in [5.41, 5.74) is 3.20. The van der Waals surface area contributed by atoms with E-state index < -0.39 is 18.3 Å². The van der Waals surface area contributed by atoms with Crippen molar-refractivity contribution in [3.63, 3.8) is 0 Å². The zero-order valence-corrected chi connectivity index (χ0v) is 24.2. The molecule has 1 heterocycles. The molecule has 1 fully saturated rings. The van der Waals surface area contributed by atoms with Crippen molar-refractivity contribution in [3.8, 4) is 5.75 Å². The summed E-state index contributed by atoms with van der Waals surface area (Å²) in [6, 6.07) is 22.4. The van der Waals surface area contributed by atoms with Crippen molar-refractivity contribution in [2.75, 3.05) is 31.3 Å². The maximum absolute atomic E-state index is 12.2. The molecule has 2 amide bonds. The van der Waals surface area contributed by atoms with Crippen LogP contribution in [0.1, 0.15) is 42.9 Å². The van der Waals surface area contributed by atoms with Gasteiger partial charge in [-0.25, -0.2) is 4.79 Å². The number of amides is 2. The van der Waals surface area contributed by atoms with Crippen LogP contribution in [0.25, 0.3) is 0 Å². The molecule has 0 bridgehead atoms. The van der Waals surface area contributed by atoms with Crippen molar-refractivity contribution in [1.29, 1.82) is 0 Å². The molecule has 9 nitrogen and oxygen atoms in total. The van der Waals surface area contributed by atoms with Crippen molar-refractivity contribution < 1.29 is 33.6 Å². The zero-order chi connectivity index (χ0) is 29.2. The number of hydrogen-bond donors (Lipinski definition) is 3. The molecule has 1 aliphatic rings. The number of urea groups is 1. The van der Waals surface area contributed by atoms with E-state index in [1.807, 2.05) is 60.7 Å². The lowest BCUT2D eigenvalue weighted by molar-refractivity contribution is -0.268. The lowest BCUT2D eigenvalue weighted by Crippen LogP contribution is -2.38. The van der Waals surface area contributed by atoms with Crippen LogP contribution in [0.3, 0.4) is 0 Å². The van der Waals surface area contributed by atoms with Gasteiger partial charge in [0.15, 0.2) is 6.29 Å². The van der Waals surface area contributed by atoms with Gasteiger partial charge in [-0.2, -0.15) is 0 Å². The fourth-order valence-electron chi connectivity index (χ4n) is 4.48. The van der Waals surface area contributed by atoms with E-state index in [0.717, 1.165) is 27.3 Å². The molecule has 4 atom stereocenters. The highest BCUT2D eigenvalue weighted by Gasteiger charge is 2.38. The number of para-hydroxylation sites is 1.